The van der Waals surface area contributed by atoms with E-state index >= 15 is 0 Å². The molecule has 4 rings (SSSR count). The molecule has 1 unspecified atom stereocenters. The number of nitrogens with zero attached hydrogens (tertiary/aromatic N) is 2. The van der Waals surface area contributed by atoms with Gasteiger partial charge in [-0.2, -0.15) is 5.26 Å². The summed E-state index contributed by atoms with van der Waals surface area (Å²) < 4.78 is 10.7. The highest BCUT2D eigenvalue weighted by molar-refractivity contribution is 5.88. The normalized spacial score (nSPS) is 21.8. The number of benzene rings is 1. The van der Waals surface area contributed by atoms with Crippen LogP contribution in [0.3, 0.4) is 0 Å². The number of carbonyl (C=O) groups excluding carboxylic acids is 2. The van der Waals surface area contributed by atoms with Gasteiger partial charge in [-0.15, -0.1) is 0 Å². The van der Waals surface area contributed by atoms with Crippen LogP contribution in [0.5, 0.6) is 11.5 Å². The van der Waals surface area contributed by atoms with Gasteiger partial charge in [-0.3, -0.25) is 9.59 Å². The van der Waals surface area contributed by atoms with Crippen molar-refractivity contribution in [3.63, 3.8) is 0 Å². The lowest BCUT2D eigenvalue weighted by Crippen LogP contribution is -2.46. The summed E-state index contributed by atoms with van der Waals surface area (Å²) in [5, 5.41) is 12.4. The first-order valence-electron chi connectivity index (χ1n) is 10.5. The van der Waals surface area contributed by atoms with Crippen molar-refractivity contribution in [2.45, 2.75) is 63.5 Å². The van der Waals surface area contributed by atoms with Crippen LogP contribution in [0.25, 0.3) is 0 Å². The molecular weight excluding hydrogens is 370 g/mol. The molecule has 29 heavy (non-hydrogen) atoms. The van der Waals surface area contributed by atoms with Crippen molar-refractivity contribution in [3.8, 4) is 17.6 Å². The average Bonchev–Trinajstić information content (AvgIpc) is 3.50. The molecule has 7 heteroatoms. The molecule has 1 saturated carbocycles. The zero-order valence-electron chi connectivity index (χ0n) is 16.6. The fourth-order valence-electron chi connectivity index (χ4n) is 4.63. The van der Waals surface area contributed by atoms with Crippen LogP contribution in [0, 0.1) is 17.2 Å². The van der Waals surface area contributed by atoms with Crippen molar-refractivity contribution in [3.05, 3.63) is 23.8 Å². The topological polar surface area (TPSA) is 91.7 Å². The lowest BCUT2D eigenvalue weighted by Gasteiger charge is -2.25. The van der Waals surface area contributed by atoms with E-state index in [0.717, 1.165) is 12.8 Å². The van der Waals surface area contributed by atoms with Gasteiger partial charge in [-0.25, -0.2) is 0 Å². The van der Waals surface area contributed by atoms with Gasteiger partial charge < -0.3 is 19.7 Å². The fraction of sp³-hybridized carbons (Fsp3) is 0.591. The van der Waals surface area contributed by atoms with Gasteiger partial charge in [0, 0.05) is 13.0 Å². The predicted octanol–water partition coefficient (Wildman–Crippen LogP) is 3.06. The second-order valence-corrected chi connectivity index (χ2v) is 8.12. The van der Waals surface area contributed by atoms with Gasteiger partial charge in [-0.1, -0.05) is 31.7 Å². The van der Waals surface area contributed by atoms with Crippen LogP contribution in [0.4, 0.5) is 0 Å². The number of carbonyl (C=O) groups is 2. The Morgan fingerprint density at radius 1 is 1.17 bits per heavy atom. The third-order valence-corrected chi connectivity index (χ3v) is 6.26. The molecule has 1 saturated heterocycles. The summed E-state index contributed by atoms with van der Waals surface area (Å²) in [6.07, 6.45) is 7.86. The molecule has 2 heterocycles. The fourth-order valence-corrected chi connectivity index (χ4v) is 4.63. The van der Waals surface area contributed by atoms with Crippen LogP contribution in [-0.2, 0) is 9.59 Å². The smallest absolute Gasteiger partial charge is 0.244 e. The van der Waals surface area contributed by atoms with Gasteiger partial charge in [0.25, 0.3) is 0 Å². The number of fused-ring (bicyclic) bond motifs is 1. The summed E-state index contributed by atoms with van der Waals surface area (Å²) in [7, 11) is 0. The van der Waals surface area contributed by atoms with Crippen molar-refractivity contribution in [2.24, 2.45) is 5.92 Å². The molecule has 1 aromatic carbocycles. The van der Waals surface area contributed by atoms with Gasteiger partial charge in [0.05, 0.1) is 6.07 Å². The van der Waals surface area contributed by atoms with Crippen LogP contribution in [0.15, 0.2) is 18.2 Å². The Hall–Kier alpha value is -2.75. The van der Waals surface area contributed by atoms with E-state index in [1.165, 1.54) is 25.7 Å². The molecule has 0 bridgehead atoms. The van der Waals surface area contributed by atoms with Crippen LogP contribution in [0.2, 0.25) is 0 Å². The molecule has 2 amide bonds. The lowest BCUT2D eigenvalue weighted by atomic mass is 10.0. The Balaban J connectivity index is 1.37. The van der Waals surface area contributed by atoms with Gasteiger partial charge in [0.15, 0.2) is 11.5 Å². The number of likely N-dealkylation sites (tertiary alicyclic amines) is 1. The highest BCUT2D eigenvalue weighted by Crippen LogP contribution is 2.34. The van der Waals surface area contributed by atoms with Crippen molar-refractivity contribution >= 4 is 11.8 Å². The van der Waals surface area contributed by atoms with E-state index in [4.69, 9.17) is 9.47 Å². The molecule has 3 aliphatic rings. The molecule has 1 N–H and O–H groups in total. The highest BCUT2D eigenvalue weighted by Gasteiger charge is 2.35. The predicted molar refractivity (Wildman–Crippen MR) is 105 cm³/mol. The summed E-state index contributed by atoms with van der Waals surface area (Å²) in [4.78, 5) is 27.3. The Kier molecular flexibility index (Phi) is 5.89. The van der Waals surface area contributed by atoms with Crippen LogP contribution in [-0.4, -0.2) is 36.1 Å². The summed E-state index contributed by atoms with van der Waals surface area (Å²) in [5.74, 6) is 1.66. The van der Waals surface area contributed by atoms with E-state index in [1.54, 1.807) is 23.1 Å². The quantitative estimate of drug-likeness (QED) is 0.797. The van der Waals surface area contributed by atoms with E-state index in [0.29, 0.717) is 42.4 Å². The average molecular weight is 397 g/mol. The summed E-state index contributed by atoms with van der Waals surface area (Å²) in [6, 6.07) is 6.06. The van der Waals surface area contributed by atoms with E-state index in [2.05, 4.69) is 11.4 Å². The molecule has 2 fully saturated rings. The van der Waals surface area contributed by atoms with Gasteiger partial charge in [0.1, 0.15) is 12.1 Å². The minimum absolute atomic E-state index is 0.0612. The van der Waals surface area contributed by atoms with E-state index in [9.17, 15) is 14.9 Å². The monoisotopic (exact) mass is 397 g/mol. The molecule has 0 radical (unpaired) electrons. The molecule has 154 valence electrons. The van der Waals surface area contributed by atoms with Gasteiger partial charge in [-0.05, 0) is 42.9 Å². The largest absolute Gasteiger partial charge is 0.454 e. The third-order valence-electron chi connectivity index (χ3n) is 6.26. The van der Waals surface area contributed by atoms with Crippen LogP contribution < -0.4 is 14.8 Å². The Bertz CT molecular complexity index is 813. The first kappa shape index (κ1) is 19.6. The van der Waals surface area contributed by atoms with E-state index in [1.807, 2.05) is 0 Å². The van der Waals surface area contributed by atoms with Crippen molar-refractivity contribution in [1.82, 2.24) is 10.2 Å². The molecular formula is C22H27N3O4. The maximum Gasteiger partial charge on any atom is 0.244 e. The van der Waals surface area contributed by atoms with Gasteiger partial charge in [0.2, 0.25) is 18.6 Å². The highest BCUT2D eigenvalue weighted by atomic mass is 16.7. The maximum atomic E-state index is 12.9. The number of ether oxygens (including phenoxy) is 2. The van der Waals surface area contributed by atoms with Crippen LogP contribution >= 0.6 is 0 Å². The molecule has 2 aliphatic heterocycles. The summed E-state index contributed by atoms with van der Waals surface area (Å²) in [5.41, 5.74) is 0.641. The van der Waals surface area contributed by atoms with Crippen molar-refractivity contribution in [2.75, 3.05) is 13.3 Å². The minimum Gasteiger partial charge on any atom is -0.454 e. The number of hydrogen-bond acceptors (Lipinski definition) is 5. The first-order chi connectivity index (χ1) is 14.2. The molecule has 1 aromatic rings. The lowest BCUT2D eigenvalue weighted by molar-refractivity contribution is -0.138. The molecule has 7 nitrogen and oxygen atoms in total. The second-order valence-electron chi connectivity index (χ2n) is 8.12. The Morgan fingerprint density at radius 2 is 1.97 bits per heavy atom. The molecule has 2 atom stereocenters. The third kappa shape index (κ3) is 4.31. The standard InChI is InChI=1S/C22H27N3O4/c23-13-17(16-8-9-19-20(12-16)29-14-28-19)24-22(27)18-6-3-11-25(18)21(26)10-7-15-4-1-2-5-15/h8-9,12,15,17-18H,1-7,10-11,14H2,(H,24,27)/t17?,18-/m0/s1. The van der Waals surface area contributed by atoms with Crippen molar-refractivity contribution < 1.29 is 19.1 Å². The minimum atomic E-state index is -0.798. The summed E-state index contributed by atoms with van der Waals surface area (Å²) in [6.45, 7) is 0.769. The number of nitriles is 1. The molecule has 1 aliphatic carbocycles. The van der Waals surface area contributed by atoms with Crippen molar-refractivity contribution in [1.29, 1.82) is 5.26 Å². The first-order valence-corrected chi connectivity index (χ1v) is 10.5. The Morgan fingerprint density at radius 3 is 2.76 bits per heavy atom. The number of hydrogen-bond donors (Lipinski definition) is 1. The second kappa shape index (κ2) is 8.73. The number of nitrogens with one attached hydrogen (secondary N) is 1. The summed E-state index contributed by atoms with van der Waals surface area (Å²) >= 11 is 0. The zero-order chi connectivity index (χ0) is 20.2. The Labute approximate surface area is 171 Å². The van der Waals surface area contributed by atoms with E-state index < -0.39 is 12.1 Å². The molecule has 0 aromatic heterocycles. The van der Waals surface area contributed by atoms with Gasteiger partial charge >= 0.3 is 0 Å². The van der Waals surface area contributed by atoms with E-state index in [-0.39, 0.29) is 18.6 Å². The SMILES string of the molecule is N#CC(NC(=O)[C@@H]1CCCN1C(=O)CCC1CCCC1)c1ccc2c(c1)OCO2. The molecule has 0 spiro atoms. The maximum absolute atomic E-state index is 12.9. The number of amides is 2. The zero-order valence-corrected chi connectivity index (χ0v) is 16.6. The number of rotatable bonds is 6. The van der Waals surface area contributed by atoms with Crippen LogP contribution in [0.1, 0.15) is 63.0 Å².